The Morgan fingerprint density at radius 2 is 1.96 bits per heavy atom. The first-order valence-corrected chi connectivity index (χ1v) is 9.53. The minimum Gasteiger partial charge on any atom is -0.484 e. The molecule has 3 rings (SSSR count). The first-order chi connectivity index (χ1) is 13.0. The monoisotopic (exact) mass is 390 g/mol. The summed E-state index contributed by atoms with van der Waals surface area (Å²) in [6.07, 6.45) is 0.931. The molecule has 4 nitrogen and oxygen atoms in total. The van der Waals surface area contributed by atoms with Gasteiger partial charge in [-0.05, 0) is 36.6 Å². The van der Waals surface area contributed by atoms with E-state index < -0.39 is 5.82 Å². The molecule has 0 unspecified atom stereocenters. The van der Waals surface area contributed by atoms with Gasteiger partial charge in [-0.3, -0.25) is 9.69 Å². The van der Waals surface area contributed by atoms with Crippen molar-refractivity contribution in [2.24, 2.45) is 0 Å². The van der Waals surface area contributed by atoms with Crippen LogP contribution in [0.5, 0.6) is 5.75 Å². The van der Waals surface area contributed by atoms with Gasteiger partial charge in [-0.15, -0.1) is 0 Å². The normalized spacial score (nSPS) is 15.4. The van der Waals surface area contributed by atoms with Gasteiger partial charge in [0.05, 0.1) is 5.02 Å². The SMILES string of the molecule is Cc1ccccc1CN1CCCN(C(=O)COc2ccc(F)c(Cl)c2)CC1. The fraction of sp³-hybridized carbons (Fsp3) is 0.381. The molecule has 1 fully saturated rings. The van der Waals surface area contributed by atoms with Crippen LogP contribution in [0, 0.1) is 12.7 Å². The molecule has 0 bridgehead atoms. The summed E-state index contributed by atoms with van der Waals surface area (Å²) >= 11 is 5.74. The average Bonchev–Trinajstić information content (AvgIpc) is 2.90. The molecule has 1 heterocycles. The molecule has 6 heteroatoms. The van der Waals surface area contributed by atoms with Gasteiger partial charge in [0.2, 0.25) is 0 Å². The molecule has 1 aliphatic heterocycles. The topological polar surface area (TPSA) is 32.8 Å². The zero-order valence-corrected chi connectivity index (χ0v) is 16.2. The number of carbonyl (C=O) groups is 1. The van der Waals surface area contributed by atoms with E-state index >= 15 is 0 Å². The van der Waals surface area contributed by atoms with Crippen LogP contribution in [0.4, 0.5) is 4.39 Å². The summed E-state index contributed by atoms with van der Waals surface area (Å²) < 4.78 is 18.7. The van der Waals surface area contributed by atoms with E-state index in [2.05, 4.69) is 36.1 Å². The van der Waals surface area contributed by atoms with Crippen molar-refractivity contribution in [2.75, 3.05) is 32.8 Å². The zero-order valence-electron chi connectivity index (χ0n) is 15.5. The molecule has 1 amide bonds. The van der Waals surface area contributed by atoms with Crippen molar-refractivity contribution in [3.63, 3.8) is 0 Å². The average molecular weight is 391 g/mol. The fourth-order valence-electron chi connectivity index (χ4n) is 3.21. The third-order valence-corrected chi connectivity index (χ3v) is 5.14. The predicted molar refractivity (Wildman–Crippen MR) is 105 cm³/mol. The standard InChI is InChI=1S/C21H24ClFN2O2/c1-16-5-2-3-6-17(16)14-24-9-4-10-25(12-11-24)21(26)15-27-18-7-8-20(23)19(22)13-18/h2-3,5-8,13H,4,9-12,14-15H2,1H3. The van der Waals surface area contributed by atoms with Crippen molar-refractivity contribution in [3.05, 3.63) is 64.4 Å². The summed E-state index contributed by atoms with van der Waals surface area (Å²) in [7, 11) is 0. The highest BCUT2D eigenvalue weighted by molar-refractivity contribution is 6.30. The van der Waals surface area contributed by atoms with Crippen LogP contribution in [0.15, 0.2) is 42.5 Å². The summed E-state index contributed by atoms with van der Waals surface area (Å²) in [6.45, 7) is 6.16. The number of hydrogen-bond acceptors (Lipinski definition) is 3. The van der Waals surface area contributed by atoms with Crippen molar-refractivity contribution in [2.45, 2.75) is 19.9 Å². The Hall–Kier alpha value is -2.11. The molecule has 0 aliphatic carbocycles. The number of carbonyl (C=O) groups excluding carboxylic acids is 1. The third kappa shape index (κ3) is 5.44. The molecule has 1 saturated heterocycles. The lowest BCUT2D eigenvalue weighted by atomic mass is 10.1. The number of nitrogens with zero attached hydrogens (tertiary/aromatic N) is 2. The first-order valence-electron chi connectivity index (χ1n) is 9.15. The van der Waals surface area contributed by atoms with Crippen LogP contribution in [-0.2, 0) is 11.3 Å². The van der Waals surface area contributed by atoms with Crippen molar-refractivity contribution in [3.8, 4) is 5.75 Å². The molecule has 2 aromatic rings. The molecule has 27 heavy (non-hydrogen) atoms. The van der Waals surface area contributed by atoms with Gasteiger partial charge in [-0.2, -0.15) is 0 Å². The number of benzene rings is 2. The third-order valence-electron chi connectivity index (χ3n) is 4.85. The number of ether oxygens (including phenoxy) is 1. The smallest absolute Gasteiger partial charge is 0.260 e. The maximum Gasteiger partial charge on any atom is 0.260 e. The van der Waals surface area contributed by atoms with Gasteiger partial charge in [0.1, 0.15) is 11.6 Å². The second-order valence-corrected chi connectivity index (χ2v) is 7.21. The Morgan fingerprint density at radius 1 is 1.15 bits per heavy atom. The summed E-state index contributed by atoms with van der Waals surface area (Å²) in [6, 6.07) is 12.5. The highest BCUT2D eigenvalue weighted by Gasteiger charge is 2.20. The van der Waals surface area contributed by atoms with Crippen LogP contribution >= 0.6 is 11.6 Å². The molecule has 0 aromatic heterocycles. The lowest BCUT2D eigenvalue weighted by Gasteiger charge is -2.22. The molecular formula is C21H24ClFN2O2. The van der Waals surface area contributed by atoms with Crippen molar-refractivity contribution >= 4 is 17.5 Å². The van der Waals surface area contributed by atoms with Gasteiger partial charge in [0.25, 0.3) is 5.91 Å². The minimum absolute atomic E-state index is 0.0124. The molecule has 1 aliphatic rings. The lowest BCUT2D eigenvalue weighted by Crippen LogP contribution is -2.38. The molecule has 0 radical (unpaired) electrons. The van der Waals surface area contributed by atoms with Gasteiger partial charge in [0, 0.05) is 38.8 Å². The summed E-state index contributed by atoms with van der Waals surface area (Å²) in [5.41, 5.74) is 2.62. The highest BCUT2D eigenvalue weighted by atomic mass is 35.5. The first kappa shape index (κ1) is 19.6. The van der Waals surface area contributed by atoms with E-state index in [0.717, 1.165) is 32.6 Å². The number of halogens is 2. The molecule has 0 spiro atoms. The maximum absolute atomic E-state index is 13.2. The van der Waals surface area contributed by atoms with Gasteiger partial charge in [-0.1, -0.05) is 35.9 Å². The second-order valence-electron chi connectivity index (χ2n) is 6.80. The number of rotatable bonds is 5. The van der Waals surface area contributed by atoms with Crippen LogP contribution in [0.25, 0.3) is 0 Å². The lowest BCUT2D eigenvalue weighted by molar-refractivity contribution is -0.133. The Labute approximate surface area is 164 Å². The molecule has 144 valence electrons. The number of aryl methyl sites for hydroxylation is 1. The van der Waals surface area contributed by atoms with Crippen LogP contribution < -0.4 is 4.74 Å². The fourth-order valence-corrected chi connectivity index (χ4v) is 3.38. The van der Waals surface area contributed by atoms with E-state index in [4.69, 9.17) is 16.3 Å². The maximum atomic E-state index is 13.2. The van der Waals surface area contributed by atoms with Crippen LogP contribution in [0.2, 0.25) is 5.02 Å². The minimum atomic E-state index is -0.503. The Kier molecular flexibility index (Phi) is 6.69. The number of amides is 1. The van der Waals surface area contributed by atoms with E-state index in [1.165, 1.54) is 29.3 Å². The Balaban J connectivity index is 1.50. The summed E-state index contributed by atoms with van der Waals surface area (Å²) in [5.74, 6) is -0.171. The molecule has 0 saturated carbocycles. The van der Waals surface area contributed by atoms with Crippen LogP contribution in [0.3, 0.4) is 0 Å². The van der Waals surface area contributed by atoms with Gasteiger partial charge in [-0.25, -0.2) is 4.39 Å². The molecule has 0 N–H and O–H groups in total. The van der Waals surface area contributed by atoms with Crippen molar-refractivity contribution in [1.82, 2.24) is 9.80 Å². The van der Waals surface area contributed by atoms with Crippen molar-refractivity contribution in [1.29, 1.82) is 0 Å². The van der Waals surface area contributed by atoms with E-state index in [1.54, 1.807) is 0 Å². The zero-order chi connectivity index (χ0) is 19.2. The summed E-state index contributed by atoms with van der Waals surface area (Å²) in [4.78, 5) is 16.7. The Morgan fingerprint density at radius 3 is 2.74 bits per heavy atom. The largest absolute Gasteiger partial charge is 0.484 e. The van der Waals surface area contributed by atoms with Gasteiger partial charge < -0.3 is 9.64 Å². The van der Waals surface area contributed by atoms with Gasteiger partial charge in [0.15, 0.2) is 6.61 Å². The van der Waals surface area contributed by atoms with E-state index in [1.807, 2.05) is 4.90 Å². The van der Waals surface area contributed by atoms with E-state index in [-0.39, 0.29) is 17.5 Å². The Bertz CT molecular complexity index is 800. The van der Waals surface area contributed by atoms with E-state index in [0.29, 0.717) is 12.3 Å². The molecule has 2 aromatic carbocycles. The van der Waals surface area contributed by atoms with Crippen molar-refractivity contribution < 1.29 is 13.9 Å². The predicted octanol–water partition coefficient (Wildman–Crippen LogP) is 3.90. The second kappa shape index (κ2) is 9.20. The summed E-state index contributed by atoms with van der Waals surface area (Å²) in [5, 5.41) is -0.0124. The van der Waals surface area contributed by atoms with E-state index in [9.17, 15) is 9.18 Å². The highest BCUT2D eigenvalue weighted by Crippen LogP contribution is 2.21. The van der Waals surface area contributed by atoms with Gasteiger partial charge >= 0.3 is 0 Å². The molecular weight excluding hydrogens is 367 g/mol. The quantitative estimate of drug-likeness (QED) is 0.776. The van der Waals surface area contributed by atoms with Crippen LogP contribution in [-0.4, -0.2) is 48.5 Å². The molecule has 0 atom stereocenters. The van der Waals surface area contributed by atoms with Crippen LogP contribution in [0.1, 0.15) is 17.5 Å². The number of hydrogen-bond donors (Lipinski definition) is 0.